The Balaban J connectivity index is 2.79. The first-order valence-electron chi connectivity index (χ1n) is 5.60. The molecule has 0 aliphatic heterocycles. The first-order valence-corrected chi connectivity index (χ1v) is 5.60. The van der Waals surface area contributed by atoms with Gasteiger partial charge in [-0.05, 0) is 37.9 Å². The Hall–Kier alpha value is -1.81. The highest BCUT2D eigenvalue weighted by Crippen LogP contribution is 2.27. The maximum absolute atomic E-state index is 11.3. The summed E-state index contributed by atoms with van der Waals surface area (Å²) in [6.45, 7) is 4.32. The molecule has 1 aromatic carbocycles. The van der Waals surface area contributed by atoms with Gasteiger partial charge in [0.15, 0.2) is 0 Å². The number of carboxylic acid groups (broad SMARTS) is 1. The lowest BCUT2D eigenvalue weighted by Gasteiger charge is -2.03. The fourth-order valence-electron chi connectivity index (χ4n) is 2.30. The molecule has 0 amide bonds. The van der Waals surface area contributed by atoms with E-state index in [0.717, 1.165) is 28.6 Å². The Morgan fingerprint density at radius 2 is 2.12 bits per heavy atom. The van der Waals surface area contributed by atoms with Crippen LogP contribution in [0.2, 0.25) is 0 Å². The van der Waals surface area contributed by atoms with E-state index < -0.39 is 5.97 Å². The van der Waals surface area contributed by atoms with E-state index in [0.29, 0.717) is 17.6 Å². The smallest absolute Gasteiger partial charge is 0.338 e. The standard InChI is InChI=1S/C13H16N2O2/c1-7-3-4-10-9(5-6-14)8(2)15-12(10)11(7)13(16)17/h3-4,15H,5-6,14H2,1-2H3,(H,16,17). The molecule has 0 spiro atoms. The van der Waals surface area contributed by atoms with Crippen molar-refractivity contribution < 1.29 is 9.90 Å². The van der Waals surface area contributed by atoms with E-state index >= 15 is 0 Å². The first kappa shape index (κ1) is 11.7. The summed E-state index contributed by atoms with van der Waals surface area (Å²) in [5.74, 6) is -0.895. The summed E-state index contributed by atoms with van der Waals surface area (Å²) in [4.78, 5) is 14.4. The molecule has 0 saturated heterocycles. The van der Waals surface area contributed by atoms with Crippen molar-refractivity contribution in [2.24, 2.45) is 5.73 Å². The third kappa shape index (κ3) is 1.80. The number of nitrogens with one attached hydrogen (secondary N) is 1. The largest absolute Gasteiger partial charge is 0.478 e. The molecule has 1 heterocycles. The molecule has 0 bridgehead atoms. The van der Waals surface area contributed by atoms with Crippen molar-refractivity contribution in [1.29, 1.82) is 0 Å². The number of H-pyrrole nitrogens is 1. The van der Waals surface area contributed by atoms with Gasteiger partial charge in [-0.2, -0.15) is 0 Å². The van der Waals surface area contributed by atoms with Crippen LogP contribution in [0, 0.1) is 13.8 Å². The van der Waals surface area contributed by atoms with Crippen molar-refractivity contribution in [2.45, 2.75) is 20.3 Å². The molecule has 4 heteroatoms. The number of carbonyl (C=O) groups is 1. The van der Waals surface area contributed by atoms with Crippen LogP contribution in [-0.2, 0) is 6.42 Å². The minimum absolute atomic E-state index is 0.355. The second-order valence-electron chi connectivity index (χ2n) is 4.25. The van der Waals surface area contributed by atoms with E-state index in [1.54, 1.807) is 0 Å². The van der Waals surface area contributed by atoms with Gasteiger partial charge in [-0.1, -0.05) is 12.1 Å². The van der Waals surface area contributed by atoms with Gasteiger partial charge in [0.05, 0.1) is 11.1 Å². The van der Waals surface area contributed by atoms with E-state index in [2.05, 4.69) is 4.98 Å². The molecule has 0 fully saturated rings. The Morgan fingerprint density at radius 3 is 2.71 bits per heavy atom. The Kier molecular flexibility index (Phi) is 2.90. The Morgan fingerprint density at radius 1 is 1.41 bits per heavy atom. The summed E-state index contributed by atoms with van der Waals surface area (Å²) in [5, 5.41) is 10.2. The molecular formula is C13H16N2O2. The van der Waals surface area contributed by atoms with Crippen LogP contribution in [0.1, 0.15) is 27.2 Å². The maximum atomic E-state index is 11.3. The predicted molar refractivity (Wildman–Crippen MR) is 67.5 cm³/mol. The van der Waals surface area contributed by atoms with E-state index in [4.69, 9.17) is 5.73 Å². The van der Waals surface area contributed by atoms with E-state index in [-0.39, 0.29) is 0 Å². The Labute approximate surface area is 99.4 Å². The first-order chi connectivity index (χ1) is 8.06. The van der Waals surface area contributed by atoms with Crippen molar-refractivity contribution in [3.63, 3.8) is 0 Å². The highest BCUT2D eigenvalue weighted by atomic mass is 16.4. The predicted octanol–water partition coefficient (Wildman–Crippen LogP) is 1.98. The van der Waals surface area contributed by atoms with E-state index in [9.17, 15) is 9.90 Å². The normalized spacial score (nSPS) is 11.0. The van der Waals surface area contributed by atoms with Gasteiger partial charge in [-0.15, -0.1) is 0 Å². The summed E-state index contributed by atoms with van der Waals surface area (Å²) in [6.07, 6.45) is 0.758. The quantitative estimate of drug-likeness (QED) is 0.757. The minimum Gasteiger partial charge on any atom is -0.478 e. The van der Waals surface area contributed by atoms with Gasteiger partial charge >= 0.3 is 5.97 Å². The molecule has 0 saturated carbocycles. The minimum atomic E-state index is -0.895. The monoisotopic (exact) mass is 232 g/mol. The summed E-state index contributed by atoms with van der Waals surface area (Å²) >= 11 is 0. The number of aromatic carboxylic acids is 1. The van der Waals surface area contributed by atoms with Crippen molar-refractivity contribution in [3.8, 4) is 0 Å². The van der Waals surface area contributed by atoms with Crippen LogP contribution in [0.4, 0.5) is 0 Å². The number of nitrogens with two attached hydrogens (primary N) is 1. The maximum Gasteiger partial charge on any atom is 0.338 e. The van der Waals surface area contributed by atoms with Crippen LogP contribution < -0.4 is 5.73 Å². The van der Waals surface area contributed by atoms with Gasteiger partial charge < -0.3 is 15.8 Å². The molecule has 90 valence electrons. The van der Waals surface area contributed by atoms with Crippen LogP contribution in [0.5, 0.6) is 0 Å². The number of aromatic amines is 1. The molecule has 4 nitrogen and oxygen atoms in total. The van der Waals surface area contributed by atoms with Crippen LogP contribution in [0.15, 0.2) is 12.1 Å². The van der Waals surface area contributed by atoms with Crippen molar-refractivity contribution in [3.05, 3.63) is 34.5 Å². The molecule has 2 aromatic rings. The third-order valence-electron chi connectivity index (χ3n) is 3.11. The fraction of sp³-hybridized carbons (Fsp3) is 0.308. The van der Waals surface area contributed by atoms with Crippen molar-refractivity contribution >= 4 is 16.9 Å². The molecule has 17 heavy (non-hydrogen) atoms. The van der Waals surface area contributed by atoms with Gasteiger partial charge in [0, 0.05) is 11.1 Å². The number of hydrogen-bond acceptors (Lipinski definition) is 2. The average molecular weight is 232 g/mol. The molecule has 1 aromatic heterocycles. The highest BCUT2D eigenvalue weighted by molar-refractivity contribution is 6.04. The van der Waals surface area contributed by atoms with Crippen molar-refractivity contribution in [1.82, 2.24) is 4.98 Å². The molecule has 0 atom stereocenters. The zero-order chi connectivity index (χ0) is 12.6. The van der Waals surface area contributed by atoms with Crippen LogP contribution in [-0.4, -0.2) is 22.6 Å². The molecule has 0 radical (unpaired) electrons. The number of carboxylic acids is 1. The lowest BCUT2D eigenvalue weighted by Crippen LogP contribution is -2.03. The second-order valence-corrected chi connectivity index (χ2v) is 4.25. The average Bonchev–Trinajstić information content (AvgIpc) is 2.55. The number of fused-ring (bicyclic) bond motifs is 1. The topological polar surface area (TPSA) is 79.1 Å². The molecule has 0 aliphatic rings. The fourth-order valence-corrected chi connectivity index (χ4v) is 2.30. The number of rotatable bonds is 3. The van der Waals surface area contributed by atoms with Crippen LogP contribution >= 0.6 is 0 Å². The molecule has 0 unspecified atom stereocenters. The second kappa shape index (κ2) is 4.22. The van der Waals surface area contributed by atoms with Gasteiger partial charge in [-0.3, -0.25) is 0 Å². The van der Waals surface area contributed by atoms with Crippen LogP contribution in [0.3, 0.4) is 0 Å². The van der Waals surface area contributed by atoms with Gasteiger partial charge in [0.25, 0.3) is 0 Å². The lowest BCUT2D eigenvalue weighted by molar-refractivity contribution is 0.0698. The lowest BCUT2D eigenvalue weighted by atomic mass is 10.0. The van der Waals surface area contributed by atoms with Gasteiger partial charge in [0.2, 0.25) is 0 Å². The SMILES string of the molecule is Cc1ccc2c(CCN)c(C)[nH]c2c1C(=O)O. The van der Waals surface area contributed by atoms with E-state index in [1.807, 2.05) is 26.0 Å². The third-order valence-corrected chi connectivity index (χ3v) is 3.11. The number of benzene rings is 1. The van der Waals surface area contributed by atoms with Gasteiger partial charge in [-0.25, -0.2) is 4.79 Å². The summed E-state index contributed by atoms with van der Waals surface area (Å²) in [5.41, 5.74) is 9.52. The molecule has 4 N–H and O–H groups in total. The number of aryl methyl sites for hydroxylation is 2. The Bertz CT molecular complexity index is 585. The number of hydrogen-bond donors (Lipinski definition) is 3. The molecule has 0 aliphatic carbocycles. The number of aromatic nitrogens is 1. The van der Waals surface area contributed by atoms with Gasteiger partial charge in [0.1, 0.15) is 0 Å². The van der Waals surface area contributed by atoms with E-state index in [1.165, 1.54) is 0 Å². The summed E-state index contributed by atoms with van der Waals surface area (Å²) < 4.78 is 0. The zero-order valence-corrected chi connectivity index (χ0v) is 10.0. The molecule has 2 rings (SSSR count). The van der Waals surface area contributed by atoms with Crippen LogP contribution in [0.25, 0.3) is 10.9 Å². The van der Waals surface area contributed by atoms with Crippen molar-refractivity contribution in [2.75, 3.05) is 6.54 Å². The molecular weight excluding hydrogens is 216 g/mol. The zero-order valence-electron chi connectivity index (χ0n) is 10.0. The summed E-state index contributed by atoms with van der Waals surface area (Å²) in [6, 6.07) is 3.81. The summed E-state index contributed by atoms with van der Waals surface area (Å²) in [7, 11) is 0. The highest BCUT2D eigenvalue weighted by Gasteiger charge is 2.16.